The molecule has 1 fully saturated rings. The zero-order valence-corrected chi connectivity index (χ0v) is 23.2. The number of anilines is 1. The van der Waals surface area contributed by atoms with Crippen LogP contribution in [0.15, 0.2) is 58.7 Å². The van der Waals surface area contributed by atoms with Crippen molar-refractivity contribution in [3.8, 4) is 11.1 Å². The van der Waals surface area contributed by atoms with Gasteiger partial charge in [0.2, 0.25) is 0 Å². The van der Waals surface area contributed by atoms with Crippen molar-refractivity contribution < 1.29 is 19.8 Å². The Morgan fingerprint density at radius 3 is 2.25 bits per heavy atom. The van der Waals surface area contributed by atoms with Gasteiger partial charge in [-0.2, -0.15) is 4.52 Å². The maximum atomic E-state index is 13.9. The highest BCUT2D eigenvalue weighted by atomic mass is 32.1. The number of nitrogens with zero attached hydrogens (tertiary/aromatic N) is 5. The predicted octanol–water partition coefficient (Wildman–Crippen LogP) is 4.12. The van der Waals surface area contributed by atoms with Gasteiger partial charge in [0.25, 0.3) is 5.56 Å². The van der Waals surface area contributed by atoms with Crippen LogP contribution in [0.4, 0.5) is 5.82 Å². The molecule has 0 spiro atoms. The Morgan fingerprint density at radius 2 is 1.62 bits per heavy atom. The van der Waals surface area contributed by atoms with Gasteiger partial charge in [-0.15, -0.1) is 16.4 Å². The number of aryl methyl sites for hydroxylation is 1. The summed E-state index contributed by atoms with van der Waals surface area (Å²) in [6.45, 7) is 4.20. The van der Waals surface area contributed by atoms with Crippen molar-refractivity contribution >= 4 is 55.7 Å². The van der Waals surface area contributed by atoms with Gasteiger partial charge in [-0.05, 0) is 45.5 Å². The number of likely N-dealkylation sites (tertiary alicyclic amines) is 1. The number of thiophene rings is 1. The summed E-state index contributed by atoms with van der Waals surface area (Å²) >= 11 is 1.52. The van der Waals surface area contributed by atoms with Gasteiger partial charge in [0.05, 0.1) is 5.39 Å². The molecule has 1 aliphatic heterocycles. The molecule has 1 aliphatic rings. The third-order valence-electron chi connectivity index (χ3n) is 7.30. The molecule has 2 N–H and O–H groups in total. The Balaban J connectivity index is 0.000000487. The molecular weight excluding hydrogens is 530 g/mol. The zero-order chi connectivity index (χ0) is 28.6. The van der Waals surface area contributed by atoms with Gasteiger partial charge in [0.1, 0.15) is 4.83 Å². The molecule has 0 bridgehead atoms. The molecular formula is C29H29N5O5S. The van der Waals surface area contributed by atoms with Crippen LogP contribution in [0.25, 0.3) is 37.8 Å². The number of aromatic nitrogens is 3. The highest BCUT2D eigenvalue weighted by Gasteiger charge is 2.25. The van der Waals surface area contributed by atoms with Gasteiger partial charge in [-0.1, -0.05) is 54.1 Å². The van der Waals surface area contributed by atoms with Gasteiger partial charge in [-0.3, -0.25) is 4.79 Å². The summed E-state index contributed by atoms with van der Waals surface area (Å²) in [6, 6.07) is 16.8. The van der Waals surface area contributed by atoms with E-state index in [1.165, 1.54) is 21.4 Å². The Kier molecular flexibility index (Phi) is 7.51. The van der Waals surface area contributed by atoms with E-state index in [1.807, 2.05) is 23.6 Å². The fourth-order valence-corrected chi connectivity index (χ4v) is 5.97. The van der Waals surface area contributed by atoms with Crippen molar-refractivity contribution in [2.24, 2.45) is 0 Å². The monoisotopic (exact) mass is 559 g/mol. The molecule has 4 heterocycles. The molecule has 11 heteroatoms. The fourth-order valence-electron chi connectivity index (χ4n) is 5.03. The lowest BCUT2D eigenvalue weighted by atomic mass is 10.0. The Bertz CT molecular complexity index is 1780. The molecule has 0 amide bonds. The van der Waals surface area contributed by atoms with Gasteiger partial charge >= 0.3 is 11.9 Å². The van der Waals surface area contributed by atoms with Crippen LogP contribution in [0.1, 0.15) is 18.4 Å². The van der Waals surface area contributed by atoms with Crippen LogP contribution in [0.3, 0.4) is 0 Å². The summed E-state index contributed by atoms with van der Waals surface area (Å²) in [7, 11) is 4.28. The van der Waals surface area contributed by atoms with Crippen molar-refractivity contribution in [2.45, 2.75) is 25.8 Å². The number of hydrogen-bond acceptors (Lipinski definition) is 8. The molecule has 3 aromatic heterocycles. The van der Waals surface area contributed by atoms with E-state index in [9.17, 15) is 4.79 Å². The van der Waals surface area contributed by atoms with E-state index in [2.05, 4.69) is 61.2 Å². The first kappa shape index (κ1) is 27.2. The summed E-state index contributed by atoms with van der Waals surface area (Å²) in [5, 5.41) is 24.4. The normalized spacial score (nSPS) is 14.3. The van der Waals surface area contributed by atoms with Crippen LogP contribution in [0.2, 0.25) is 0 Å². The lowest BCUT2D eigenvalue weighted by molar-refractivity contribution is -0.159. The van der Waals surface area contributed by atoms with E-state index in [-0.39, 0.29) is 5.56 Å². The first-order valence-corrected chi connectivity index (χ1v) is 13.7. The predicted molar refractivity (Wildman–Crippen MR) is 157 cm³/mol. The lowest BCUT2D eigenvalue weighted by Crippen LogP contribution is -2.42. The third kappa shape index (κ3) is 5.13. The van der Waals surface area contributed by atoms with E-state index >= 15 is 0 Å². The van der Waals surface area contributed by atoms with Crippen LogP contribution in [-0.4, -0.2) is 74.9 Å². The van der Waals surface area contributed by atoms with Crippen LogP contribution in [0, 0.1) is 6.92 Å². The van der Waals surface area contributed by atoms with E-state index in [1.54, 1.807) is 0 Å². The first-order chi connectivity index (χ1) is 19.2. The minimum atomic E-state index is -1.82. The summed E-state index contributed by atoms with van der Waals surface area (Å²) in [4.78, 5) is 42.4. The highest BCUT2D eigenvalue weighted by molar-refractivity contribution is 7.17. The van der Waals surface area contributed by atoms with Gasteiger partial charge in [0, 0.05) is 34.8 Å². The second-order valence-electron chi connectivity index (χ2n) is 9.97. The molecule has 0 saturated carbocycles. The van der Waals surface area contributed by atoms with Crippen LogP contribution in [0.5, 0.6) is 0 Å². The maximum Gasteiger partial charge on any atom is 0.414 e. The average molecular weight is 560 g/mol. The van der Waals surface area contributed by atoms with Crippen molar-refractivity contribution in [2.75, 3.05) is 32.1 Å². The minimum Gasteiger partial charge on any atom is -0.473 e. The topological polar surface area (TPSA) is 128 Å². The molecule has 5 aromatic rings. The molecule has 40 heavy (non-hydrogen) atoms. The number of rotatable bonds is 3. The zero-order valence-electron chi connectivity index (χ0n) is 22.4. The lowest BCUT2D eigenvalue weighted by Gasteiger charge is -2.36. The third-order valence-corrected chi connectivity index (χ3v) is 8.18. The Labute approximate surface area is 233 Å². The van der Waals surface area contributed by atoms with Crippen molar-refractivity contribution in [1.29, 1.82) is 0 Å². The van der Waals surface area contributed by atoms with Crippen LogP contribution in [-0.2, 0) is 9.59 Å². The number of fused-ring (bicyclic) bond motifs is 4. The van der Waals surface area contributed by atoms with Crippen molar-refractivity contribution in [1.82, 2.24) is 19.5 Å². The van der Waals surface area contributed by atoms with Gasteiger partial charge in [-0.25, -0.2) is 14.6 Å². The number of benzene rings is 2. The van der Waals surface area contributed by atoms with Crippen LogP contribution < -0.4 is 10.5 Å². The number of hydrogen-bond donors (Lipinski definition) is 2. The molecule has 2 aromatic carbocycles. The minimum absolute atomic E-state index is 0.111. The number of carboxylic acids is 2. The summed E-state index contributed by atoms with van der Waals surface area (Å²) in [5.41, 5.74) is 3.65. The average Bonchev–Trinajstić information content (AvgIpc) is 3.38. The summed E-state index contributed by atoms with van der Waals surface area (Å²) in [5.74, 6) is -2.81. The molecule has 1 saturated heterocycles. The van der Waals surface area contributed by atoms with E-state index in [0.717, 1.165) is 58.5 Å². The number of piperidine rings is 1. The number of carbonyl (C=O) groups is 2. The van der Waals surface area contributed by atoms with E-state index in [4.69, 9.17) is 29.9 Å². The van der Waals surface area contributed by atoms with E-state index < -0.39 is 11.9 Å². The second kappa shape index (κ2) is 11.0. The molecule has 0 aliphatic carbocycles. The fraction of sp³-hybridized carbons (Fsp3) is 0.276. The van der Waals surface area contributed by atoms with Crippen molar-refractivity contribution in [3.63, 3.8) is 0 Å². The number of aliphatic carboxylic acids is 2. The van der Waals surface area contributed by atoms with Crippen LogP contribution >= 0.6 is 11.3 Å². The Hall–Kier alpha value is -4.35. The quantitative estimate of drug-likeness (QED) is 0.248. The van der Waals surface area contributed by atoms with Gasteiger partial charge < -0.3 is 20.0 Å². The Morgan fingerprint density at radius 1 is 1.00 bits per heavy atom. The molecule has 10 nitrogen and oxygen atoms in total. The van der Waals surface area contributed by atoms with Crippen molar-refractivity contribution in [3.05, 3.63) is 69.8 Å². The first-order valence-electron chi connectivity index (χ1n) is 12.8. The largest absolute Gasteiger partial charge is 0.473 e. The smallest absolute Gasteiger partial charge is 0.414 e. The van der Waals surface area contributed by atoms with E-state index in [0.29, 0.717) is 17.1 Å². The SMILES string of the molecule is Cc1ccc(-c2csc3nc4c5ccccc5c(N(C)C5CCN(C)CC5)nn4c(=O)c23)cc1.O=C(O)C(=O)O. The summed E-state index contributed by atoms with van der Waals surface area (Å²) < 4.78 is 1.52. The maximum absolute atomic E-state index is 13.9. The highest BCUT2D eigenvalue weighted by Crippen LogP contribution is 2.34. The summed E-state index contributed by atoms with van der Waals surface area (Å²) in [6.07, 6.45) is 2.16. The molecule has 206 valence electrons. The van der Waals surface area contributed by atoms with Gasteiger partial charge in [0.15, 0.2) is 11.5 Å². The molecule has 0 atom stereocenters. The number of carboxylic acid groups (broad SMARTS) is 2. The molecule has 0 radical (unpaired) electrons. The standard InChI is InChI=1S/C27H27N5OS.C2H2O4/c1-17-8-10-18(11-9-17)22-16-34-26-23(22)27(33)32-24(28-26)20-6-4-5-7-21(20)25(29-32)31(3)19-12-14-30(2)15-13-19;3-1(4)2(5)6/h4-11,16,19H,12-15H2,1-3H3;(H,3,4)(H,5,6). The molecule has 0 unspecified atom stereocenters. The molecule has 6 rings (SSSR count). The second-order valence-corrected chi connectivity index (χ2v) is 10.8.